The molecule has 1 aliphatic rings. The van der Waals surface area contributed by atoms with E-state index in [0.29, 0.717) is 6.54 Å². The third-order valence-corrected chi connectivity index (χ3v) is 3.33. The number of aryl methyl sites for hydroxylation is 1. The van der Waals surface area contributed by atoms with Crippen LogP contribution in [0.5, 0.6) is 0 Å². The summed E-state index contributed by atoms with van der Waals surface area (Å²) < 4.78 is 1.83. The highest BCUT2D eigenvalue weighted by molar-refractivity contribution is 5.93. The van der Waals surface area contributed by atoms with Crippen LogP contribution in [0.2, 0.25) is 0 Å². The fourth-order valence-electron chi connectivity index (χ4n) is 2.12. The zero-order chi connectivity index (χ0) is 13.2. The van der Waals surface area contributed by atoms with E-state index in [-0.39, 0.29) is 11.8 Å². The molecular weight excluding hydrogens is 238 g/mol. The van der Waals surface area contributed by atoms with Crippen molar-refractivity contribution in [1.82, 2.24) is 9.78 Å². The van der Waals surface area contributed by atoms with Gasteiger partial charge in [0.15, 0.2) is 0 Å². The minimum absolute atomic E-state index is 0.117. The second kappa shape index (κ2) is 4.88. The average molecular weight is 255 g/mol. The molecule has 0 aliphatic heterocycles. The molecule has 4 nitrogen and oxygen atoms in total. The SMILES string of the molecule is Cc1cccc(Cn2nccc2NC(=O)C2CC2)c1. The lowest BCUT2D eigenvalue weighted by Crippen LogP contribution is -2.17. The first-order chi connectivity index (χ1) is 9.22. The maximum Gasteiger partial charge on any atom is 0.228 e. The highest BCUT2D eigenvalue weighted by Gasteiger charge is 2.30. The van der Waals surface area contributed by atoms with Gasteiger partial charge in [0.05, 0.1) is 12.7 Å². The molecule has 0 saturated heterocycles. The standard InChI is InChI=1S/C15H17N3O/c1-11-3-2-4-12(9-11)10-18-14(7-8-16-18)17-15(19)13-5-6-13/h2-4,7-9,13H,5-6,10H2,1H3,(H,17,19). The van der Waals surface area contributed by atoms with Gasteiger partial charge in [-0.25, -0.2) is 4.68 Å². The summed E-state index contributed by atoms with van der Waals surface area (Å²) in [4.78, 5) is 11.8. The average Bonchev–Trinajstić information content (AvgIpc) is 3.14. The van der Waals surface area contributed by atoms with E-state index < -0.39 is 0 Å². The van der Waals surface area contributed by atoms with Crippen molar-refractivity contribution in [2.45, 2.75) is 26.3 Å². The highest BCUT2D eigenvalue weighted by Crippen LogP contribution is 2.30. The first-order valence-electron chi connectivity index (χ1n) is 6.60. The van der Waals surface area contributed by atoms with Gasteiger partial charge in [-0.3, -0.25) is 4.79 Å². The lowest BCUT2D eigenvalue weighted by atomic mass is 10.1. The molecule has 1 N–H and O–H groups in total. The summed E-state index contributed by atoms with van der Waals surface area (Å²) in [6.07, 6.45) is 3.74. The molecule has 19 heavy (non-hydrogen) atoms. The second-order valence-corrected chi connectivity index (χ2v) is 5.13. The second-order valence-electron chi connectivity index (χ2n) is 5.13. The number of hydrogen-bond acceptors (Lipinski definition) is 2. The van der Waals surface area contributed by atoms with Crippen LogP contribution < -0.4 is 5.32 Å². The molecule has 3 rings (SSSR count). The molecule has 0 atom stereocenters. The van der Waals surface area contributed by atoms with Gasteiger partial charge < -0.3 is 5.32 Å². The van der Waals surface area contributed by atoms with E-state index in [1.165, 1.54) is 11.1 Å². The van der Waals surface area contributed by atoms with Gasteiger partial charge in [0, 0.05) is 12.0 Å². The zero-order valence-corrected chi connectivity index (χ0v) is 11.0. The number of nitrogens with one attached hydrogen (secondary N) is 1. The lowest BCUT2D eigenvalue weighted by molar-refractivity contribution is -0.117. The summed E-state index contributed by atoms with van der Waals surface area (Å²) in [7, 11) is 0. The summed E-state index contributed by atoms with van der Waals surface area (Å²) in [6, 6.07) is 10.2. The van der Waals surface area contributed by atoms with Gasteiger partial charge in [-0.1, -0.05) is 29.8 Å². The number of rotatable bonds is 4. The smallest absolute Gasteiger partial charge is 0.228 e. The Morgan fingerprint density at radius 3 is 3.00 bits per heavy atom. The Morgan fingerprint density at radius 1 is 1.42 bits per heavy atom. The minimum atomic E-state index is 0.117. The lowest BCUT2D eigenvalue weighted by Gasteiger charge is -2.09. The molecule has 0 radical (unpaired) electrons. The van der Waals surface area contributed by atoms with E-state index in [1.807, 2.05) is 16.8 Å². The van der Waals surface area contributed by atoms with Gasteiger partial charge in [-0.05, 0) is 25.3 Å². The van der Waals surface area contributed by atoms with E-state index >= 15 is 0 Å². The van der Waals surface area contributed by atoms with Crippen LogP contribution in [0.25, 0.3) is 0 Å². The molecule has 1 heterocycles. The number of benzene rings is 1. The molecule has 0 bridgehead atoms. The summed E-state index contributed by atoms with van der Waals surface area (Å²) >= 11 is 0. The van der Waals surface area contributed by atoms with Crippen LogP contribution in [0.15, 0.2) is 36.5 Å². The third kappa shape index (κ3) is 2.84. The molecule has 0 unspecified atom stereocenters. The molecule has 4 heteroatoms. The fourth-order valence-corrected chi connectivity index (χ4v) is 2.12. The van der Waals surface area contributed by atoms with Crippen molar-refractivity contribution in [3.63, 3.8) is 0 Å². The fraction of sp³-hybridized carbons (Fsp3) is 0.333. The molecule has 1 fully saturated rings. The zero-order valence-electron chi connectivity index (χ0n) is 11.0. The molecule has 98 valence electrons. The molecule has 1 aromatic heterocycles. The van der Waals surface area contributed by atoms with Crippen molar-refractivity contribution >= 4 is 11.7 Å². The van der Waals surface area contributed by atoms with Gasteiger partial charge in [-0.2, -0.15) is 5.10 Å². The van der Waals surface area contributed by atoms with Crippen LogP contribution in [-0.2, 0) is 11.3 Å². The molecule has 1 aliphatic carbocycles. The van der Waals surface area contributed by atoms with Crippen molar-refractivity contribution in [3.8, 4) is 0 Å². The molecular formula is C15H17N3O. The first kappa shape index (κ1) is 12.0. The first-order valence-corrected chi connectivity index (χ1v) is 6.60. The number of nitrogens with zero attached hydrogens (tertiary/aromatic N) is 2. The van der Waals surface area contributed by atoms with E-state index in [4.69, 9.17) is 0 Å². The Labute approximate surface area is 112 Å². The predicted octanol–water partition coefficient (Wildman–Crippen LogP) is 2.59. The van der Waals surface area contributed by atoms with E-state index in [1.54, 1.807) is 6.20 Å². The van der Waals surface area contributed by atoms with Crippen LogP contribution in [0.1, 0.15) is 24.0 Å². The Bertz CT molecular complexity index is 599. The Balaban J connectivity index is 1.74. The molecule has 0 spiro atoms. The Kier molecular flexibility index (Phi) is 3.07. The van der Waals surface area contributed by atoms with Crippen molar-refractivity contribution < 1.29 is 4.79 Å². The monoisotopic (exact) mass is 255 g/mol. The van der Waals surface area contributed by atoms with Crippen molar-refractivity contribution in [3.05, 3.63) is 47.7 Å². The molecule has 2 aromatic rings. The normalized spacial score (nSPS) is 14.4. The molecule has 1 saturated carbocycles. The number of anilines is 1. The number of amides is 1. The Morgan fingerprint density at radius 2 is 2.26 bits per heavy atom. The Hall–Kier alpha value is -2.10. The van der Waals surface area contributed by atoms with Crippen LogP contribution in [0.3, 0.4) is 0 Å². The number of carbonyl (C=O) groups excluding carboxylic acids is 1. The number of hydrogen-bond donors (Lipinski definition) is 1. The summed E-state index contributed by atoms with van der Waals surface area (Å²) in [5.41, 5.74) is 2.42. The van der Waals surface area contributed by atoms with Crippen LogP contribution in [0, 0.1) is 12.8 Å². The highest BCUT2D eigenvalue weighted by atomic mass is 16.2. The maximum atomic E-state index is 11.8. The van der Waals surface area contributed by atoms with Gasteiger partial charge in [-0.15, -0.1) is 0 Å². The van der Waals surface area contributed by atoms with Crippen LogP contribution in [-0.4, -0.2) is 15.7 Å². The van der Waals surface area contributed by atoms with E-state index in [9.17, 15) is 4.79 Å². The van der Waals surface area contributed by atoms with Gasteiger partial charge in [0.1, 0.15) is 5.82 Å². The van der Waals surface area contributed by atoms with Gasteiger partial charge >= 0.3 is 0 Å². The van der Waals surface area contributed by atoms with E-state index in [2.05, 4.69) is 35.5 Å². The van der Waals surface area contributed by atoms with Gasteiger partial charge in [0.2, 0.25) is 5.91 Å². The molecule has 1 aromatic carbocycles. The van der Waals surface area contributed by atoms with Crippen molar-refractivity contribution in [2.24, 2.45) is 5.92 Å². The quantitative estimate of drug-likeness (QED) is 0.912. The predicted molar refractivity (Wildman–Crippen MR) is 73.9 cm³/mol. The number of aromatic nitrogens is 2. The van der Waals surface area contributed by atoms with Crippen molar-refractivity contribution in [1.29, 1.82) is 0 Å². The number of carbonyl (C=O) groups is 1. The molecule has 1 amide bonds. The van der Waals surface area contributed by atoms with Crippen molar-refractivity contribution in [2.75, 3.05) is 5.32 Å². The third-order valence-electron chi connectivity index (χ3n) is 3.33. The van der Waals surface area contributed by atoms with Crippen LogP contribution >= 0.6 is 0 Å². The van der Waals surface area contributed by atoms with E-state index in [0.717, 1.165) is 18.7 Å². The summed E-state index contributed by atoms with van der Waals surface area (Å²) in [5, 5.41) is 7.22. The summed E-state index contributed by atoms with van der Waals surface area (Å²) in [5.74, 6) is 1.10. The topological polar surface area (TPSA) is 46.9 Å². The van der Waals surface area contributed by atoms with Gasteiger partial charge in [0.25, 0.3) is 0 Å². The minimum Gasteiger partial charge on any atom is -0.311 e. The van der Waals surface area contributed by atoms with Crippen LogP contribution in [0.4, 0.5) is 5.82 Å². The maximum absolute atomic E-state index is 11.8. The summed E-state index contributed by atoms with van der Waals surface area (Å²) in [6.45, 7) is 2.75. The largest absolute Gasteiger partial charge is 0.311 e.